The summed E-state index contributed by atoms with van der Waals surface area (Å²) < 4.78 is 6.49. The van der Waals surface area contributed by atoms with Gasteiger partial charge in [0.15, 0.2) is 5.82 Å². The maximum Gasteiger partial charge on any atom is 0.160 e. The van der Waals surface area contributed by atoms with Gasteiger partial charge in [-0.1, -0.05) is 27.7 Å². The smallest absolute Gasteiger partial charge is 0.160 e. The molecule has 0 amide bonds. The highest BCUT2D eigenvalue weighted by molar-refractivity contribution is 9.10. The minimum Gasteiger partial charge on any atom is -0.373 e. The predicted molar refractivity (Wildman–Crippen MR) is 82.6 cm³/mol. The molecule has 0 aliphatic carbocycles. The maximum absolute atomic E-state index is 5.54. The summed E-state index contributed by atoms with van der Waals surface area (Å²) in [6.07, 6.45) is -0.0805. The third-order valence-electron chi connectivity index (χ3n) is 2.90. The van der Waals surface area contributed by atoms with Crippen molar-refractivity contribution >= 4 is 21.7 Å². The third kappa shape index (κ3) is 3.89. The summed E-state index contributed by atoms with van der Waals surface area (Å²) in [5, 5.41) is 3.28. The number of nitrogens with zero attached hydrogens (tertiary/aromatic N) is 2. The Bertz CT molecular complexity index is 421. The molecule has 1 unspecified atom stereocenters. The molecule has 19 heavy (non-hydrogen) atoms. The molecule has 0 aliphatic heterocycles. The molecule has 1 heterocycles. The number of hydrogen-bond donors (Lipinski definition) is 1. The zero-order valence-corrected chi connectivity index (χ0v) is 14.2. The van der Waals surface area contributed by atoms with E-state index in [1.54, 1.807) is 7.11 Å². The van der Waals surface area contributed by atoms with Gasteiger partial charge in [-0.25, -0.2) is 9.97 Å². The number of aromatic nitrogens is 2. The topological polar surface area (TPSA) is 47.0 Å². The van der Waals surface area contributed by atoms with Crippen molar-refractivity contribution in [2.24, 2.45) is 5.92 Å². The summed E-state index contributed by atoms with van der Waals surface area (Å²) in [6, 6.07) is 0. The first-order chi connectivity index (χ1) is 8.92. The van der Waals surface area contributed by atoms with Crippen molar-refractivity contribution in [2.45, 2.75) is 46.6 Å². The molecule has 0 fully saturated rings. The van der Waals surface area contributed by atoms with Crippen LogP contribution in [-0.4, -0.2) is 23.6 Å². The average Bonchev–Trinajstić information content (AvgIpc) is 2.33. The molecule has 1 rings (SSSR count). The lowest BCUT2D eigenvalue weighted by Crippen LogP contribution is -2.16. The molecule has 0 saturated carbocycles. The lowest BCUT2D eigenvalue weighted by Gasteiger charge is -2.21. The van der Waals surface area contributed by atoms with E-state index < -0.39 is 0 Å². The highest BCUT2D eigenvalue weighted by Gasteiger charge is 2.22. The summed E-state index contributed by atoms with van der Waals surface area (Å²) in [5.41, 5.74) is 1.02. The van der Waals surface area contributed by atoms with E-state index in [0.717, 1.165) is 28.4 Å². The van der Waals surface area contributed by atoms with Gasteiger partial charge in [0.2, 0.25) is 0 Å². The predicted octanol–water partition coefficient (Wildman–Crippen LogP) is 4.14. The quantitative estimate of drug-likeness (QED) is 0.852. The van der Waals surface area contributed by atoms with Crippen molar-refractivity contribution in [3.63, 3.8) is 0 Å². The van der Waals surface area contributed by atoms with Crippen LogP contribution in [-0.2, 0) is 4.74 Å². The molecule has 4 nitrogen and oxygen atoms in total. The van der Waals surface area contributed by atoms with Crippen molar-refractivity contribution in [3.05, 3.63) is 16.0 Å². The fourth-order valence-corrected chi connectivity index (χ4v) is 2.73. The Balaban J connectivity index is 3.32. The van der Waals surface area contributed by atoms with Crippen LogP contribution in [0.25, 0.3) is 0 Å². The molecule has 5 heteroatoms. The molecular weight excluding hydrogens is 306 g/mol. The van der Waals surface area contributed by atoms with Crippen LogP contribution in [0.4, 0.5) is 5.82 Å². The van der Waals surface area contributed by atoms with E-state index in [1.165, 1.54) is 0 Å². The minimum absolute atomic E-state index is 0.0805. The van der Waals surface area contributed by atoms with Crippen LogP contribution in [0.3, 0.4) is 0 Å². The second-order valence-corrected chi connectivity index (χ2v) is 6.01. The normalized spacial score (nSPS) is 13.1. The monoisotopic (exact) mass is 329 g/mol. The minimum atomic E-state index is -0.0805. The first-order valence-electron chi connectivity index (χ1n) is 6.76. The Labute approximate surface area is 124 Å². The van der Waals surface area contributed by atoms with Crippen molar-refractivity contribution in [1.82, 2.24) is 9.97 Å². The lowest BCUT2D eigenvalue weighted by molar-refractivity contribution is 0.0573. The second kappa shape index (κ2) is 7.20. The van der Waals surface area contributed by atoms with Crippen molar-refractivity contribution in [2.75, 3.05) is 19.0 Å². The van der Waals surface area contributed by atoms with Gasteiger partial charge in [-0.05, 0) is 34.7 Å². The molecule has 108 valence electrons. The van der Waals surface area contributed by atoms with E-state index in [4.69, 9.17) is 4.74 Å². The van der Waals surface area contributed by atoms with Crippen LogP contribution in [0, 0.1) is 5.92 Å². The van der Waals surface area contributed by atoms with Gasteiger partial charge < -0.3 is 10.1 Å². The van der Waals surface area contributed by atoms with Crippen molar-refractivity contribution in [1.29, 1.82) is 0 Å². The summed E-state index contributed by atoms with van der Waals surface area (Å²) in [4.78, 5) is 9.29. The van der Waals surface area contributed by atoms with E-state index in [2.05, 4.69) is 65.8 Å². The van der Waals surface area contributed by atoms with E-state index in [-0.39, 0.29) is 6.10 Å². The SMILES string of the molecule is CCNc1nc(C(OC)C(C)C)nc(C(C)C)c1Br. The molecule has 0 bridgehead atoms. The van der Waals surface area contributed by atoms with Crippen LogP contribution >= 0.6 is 15.9 Å². The van der Waals surface area contributed by atoms with Gasteiger partial charge in [0.05, 0.1) is 10.2 Å². The second-order valence-electron chi connectivity index (χ2n) is 5.21. The summed E-state index contributed by atoms with van der Waals surface area (Å²) in [6.45, 7) is 11.4. The first-order valence-corrected chi connectivity index (χ1v) is 7.55. The van der Waals surface area contributed by atoms with Gasteiger partial charge in [-0.2, -0.15) is 0 Å². The number of halogens is 1. The van der Waals surface area contributed by atoms with Gasteiger partial charge in [-0.3, -0.25) is 0 Å². The van der Waals surface area contributed by atoms with Gasteiger partial charge in [0.1, 0.15) is 11.9 Å². The Morgan fingerprint density at radius 3 is 2.26 bits per heavy atom. The fraction of sp³-hybridized carbons (Fsp3) is 0.714. The number of anilines is 1. The molecule has 0 saturated heterocycles. The van der Waals surface area contributed by atoms with Crippen LogP contribution in [0.15, 0.2) is 4.47 Å². The number of rotatable bonds is 6. The Kier molecular flexibility index (Phi) is 6.20. The standard InChI is InChI=1S/C14H24BrN3O/c1-7-16-13-10(15)11(8(2)3)17-14(18-13)12(19-6)9(4)5/h8-9,12H,7H2,1-6H3,(H,16,17,18). The fourth-order valence-electron chi connectivity index (χ4n) is 1.95. The Hall–Kier alpha value is -0.680. The highest BCUT2D eigenvalue weighted by Crippen LogP contribution is 2.32. The van der Waals surface area contributed by atoms with Crippen LogP contribution < -0.4 is 5.32 Å². The van der Waals surface area contributed by atoms with Crippen molar-refractivity contribution < 1.29 is 4.74 Å². The van der Waals surface area contributed by atoms with Gasteiger partial charge >= 0.3 is 0 Å². The molecule has 0 aliphatic rings. The molecule has 1 N–H and O–H groups in total. The number of nitrogens with one attached hydrogen (secondary N) is 1. The molecular formula is C14H24BrN3O. The average molecular weight is 330 g/mol. The van der Waals surface area contributed by atoms with E-state index in [0.29, 0.717) is 11.8 Å². The molecule has 0 radical (unpaired) electrons. The maximum atomic E-state index is 5.54. The molecule has 0 spiro atoms. The Morgan fingerprint density at radius 2 is 1.84 bits per heavy atom. The summed E-state index contributed by atoms with van der Waals surface area (Å²) in [7, 11) is 1.71. The largest absolute Gasteiger partial charge is 0.373 e. The lowest BCUT2D eigenvalue weighted by atomic mass is 10.1. The number of hydrogen-bond acceptors (Lipinski definition) is 4. The zero-order valence-electron chi connectivity index (χ0n) is 12.6. The van der Waals surface area contributed by atoms with E-state index in [9.17, 15) is 0 Å². The van der Waals surface area contributed by atoms with Gasteiger partial charge in [-0.15, -0.1) is 0 Å². The third-order valence-corrected chi connectivity index (χ3v) is 3.68. The Morgan fingerprint density at radius 1 is 1.21 bits per heavy atom. The molecule has 1 aromatic rings. The van der Waals surface area contributed by atoms with E-state index in [1.807, 2.05) is 0 Å². The molecule has 0 aromatic carbocycles. The zero-order chi connectivity index (χ0) is 14.6. The summed E-state index contributed by atoms with van der Waals surface area (Å²) in [5.74, 6) is 2.26. The van der Waals surface area contributed by atoms with Crippen LogP contribution in [0.2, 0.25) is 0 Å². The first kappa shape index (κ1) is 16.4. The van der Waals surface area contributed by atoms with E-state index >= 15 is 0 Å². The molecule has 1 aromatic heterocycles. The molecule has 1 atom stereocenters. The number of ether oxygens (including phenoxy) is 1. The summed E-state index contributed by atoms with van der Waals surface area (Å²) >= 11 is 3.60. The van der Waals surface area contributed by atoms with Gasteiger partial charge in [0.25, 0.3) is 0 Å². The van der Waals surface area contributed by atoms with Gasteiger partial charge in [0, 0.05) is 13.7 Å². The van der Waals surface area contributed by atoms with Crippen molar-refractivity contribution in [3.8, 4) is 0 Å². The highest BCUT2D eigenvalue weighted by atomic mass is 79.9. The van der Waals surface area contributed by atoms with Crippen LogP contribution in [0.5, 0.6) is 0 Å². The number of methoxy groups -OCH3 is 1. The van der Waals surface area contributed by atoms with Crippen LogP contribution in [0.1, 0.15) is 58.2 Å².